The molecule has 0 aromatic heterocycles. The largest absolute Gasteiger partial charge is 0.417 e. The smallest absolute Gasteiger partial charge is 0.352 e. The maximum atomic E-state index is 12.7. The number of carbonyl (C=O) groups excluding carboxylic acids is 1. The van der Waals surface area contributed by atoms with Crippen molar-refractivity contribution < 1.29 is 18.0 Å². The fraction of sp³-hybridized carbons (Fsp3) is 0.364. The number of halogens is 4. The highest BCUT2D eigenvalue weighted by Gasteiger charge is 2.35. The van der Waals surface area contributed by atoms with Gasteiger partial charge in [-0.15, -0.1) is 0 Å². The first-order valence-electron chi connectivity index (χ1n) is 5.01. The van der Waals surface area contributed by atoms with Gasteiger partial charge in [-0.3, -0.25) is 4.79 Å². The minimum absolute atomic E-state index is 0.289. The van der Waals surface area contributed by atoms with E-state index in [9.17, 15) is 18.0 Å². The number of amides is 1. The summed E-state index contributed by atoms with van der Waals surface area (Å²) < 4.78 is 38.4. The highest BCUT2D eigenvalue weighted by Crippen LogP contribution is 2.33. The van der Waals surface area contributed by atoms with Crippen LogP contribution in [0.5, 0.6) is 0 Å². The average molecular weight is 310 g/mol. The summed E-state index contributed by atoms with van der Waals surface area (Å²) in [6.45, 7) is 2.18. The lowest BCUT2D eigenvalue weighted by Gasteiger charge is -2.13. The van der Waals surface area contributed by atoms with Crippen molar-refractivity contribution in [2.45, 2.75) is 19.5 Å². The molecule has 1 amide bonds. The van der Waals surface area contributed by atoms with Crippen LogP contribution in [0.15, 0.2) is 22.7 Å². The van der Waals surface area contributed by atoms with E-state index in [1.807, 2.05) is 6.92 Å². The Kier molecular flexibility index (Phi) is 4.56. The van der Waals surface area contributed by atoms with Crippen molar-refractivity contribution in [3.05, 3.63) is 33.8 Å². The second kappa shape index (κ2) is 5.53. The molecular weight excluding hydrogens is 299 g/mol. The van der Waals surface area contributed by atoms with Crippen LogP contribution in [0, 0.1) is 0 Å². The molecule has 0 saturated carbocycles. The van der Waals surface area contributed by atoms with Gasteiger partial charge in [0.25, 0.3) is 5.91 Å². The molecule has 0 bridgehead atoms. The molecule has 0 aliphatic heterocycles. The van der Waals surface area contributed by atoms with Gasteiger partial charge in [0.2, 0.25) is 0 Å². The Morgan fingerprint density at radius 1 is 1.41 bits per heavy atom. The summed E-state index contributed by atoms with van der Waals surface area (Å²) in [6, 6.07) is 3.48. The van der Waals surface area contributed by atoms with Crippen molar-refractivity contribution in [3.8, 4) is 0 Å². The van der Waals surface area contributed by atoms with Gasteiger partial charge in [-0.1, -0.05) is 22.9 Å². The maximum Gasteiger partial charge on any atom is 0.417 e. The third-order valence-corrected chi connectivity index (χ3v) is 2.56. The molecular formula is C11H11BrF3NO. The predicted molar refractivity (Wildman–Crippen MR) is 61.8 cm³/mol. The Morgan fingerprint density at radius 3 is 2.59 bits per heavy atom. The van der Waals surface area contributed by atoms with Crippen LogP contribution in [-0.2, 0) is 6.18 Å². The fourth-order valence-corrected chi connectivity index (χ4v) is 1.64. The van der Waals surface area contributed by atoms with E-state index < -0.39 is 17.6 Å². The lowest BCUT2D eigenvalue weighted by atomic mass is 10.1. The zero-order valence-corrected chi connectivity index (χ0v) is 10.7. The minimum Gasteiger partial charge on any atom is -0.352 e. The molecule has 0 aliphatic carbocycles. The minimum atomic E-state index is -4.54. The number of nitrogens with one attached hydrogen (secondary N) is 1. The number of alkyl halides is 3. The Morgan fingerprint density at radius 2 is 2.06 bits per heavy atom. The van der Waals surface area contributed by atoms with E-state index in [0.29, 0.717) is 13.0 Å². The number of hydrogen-bond acceptors (Lipinski definition) is 1. The Hall–Kier alpha value is -1.04. The van der Waals surface area contributed by atoms with E-state index in [0.717, 1.165) is 12.1 Å². The van der Waals surface area contributed by atoms with Crippen molar-refractivity contribution in [1.82, 2.24) is 5.32 Å². The summed E-state index contributed by atoms with van der Waals surface area (Å²) in [5.74, 6) is -0.702. The summed E-state index contributed by atoms with van der Waals surface area (Å²) in [6.07, 6.45) is -3.87. The number of benzene rings is 1. The van der Waals surface area contributed by atoms with Gasteiger partial charge in [-0.2, -0.15) is 13.2 Å². The van der Waals surface area contributed by atoms with Gasteiger partial charge in [0.05, 0.1) is 11.1 Å². The average Bonchev–Trinajstić information content (AvgIpc) is 2.24. The summed E-state index contributed by atoms with van der Waals surface area (Å²) in [5, 5.41) is 2.43. The van der Waals surface area contributed by atoms with E-state index in [2.05, 4.69) is 21.2 Å². The summed E-state index contributed by atoms with van der Waals surface area (Å²) >= 11 is 2.96. The van der Waals surface area contributed by atoms with Crippen LogP contribution < -0.4 is 5.32 Å². The first-order chi connectivity index (χ1) is 7.86. The van der Waals surface area contributed by atoms with Gasteiger partial charge in [-0.25, -0.2) is 0 Å². The Labute approximate surface area is 105 Å². The van der Waals surface area contributed by atoms with E-state index in [-0.39, 0.29) is 10.0 Å². The highest BCUT2D eigenvalue weighted by molar-refractivity contribution is 9.10. The molecule has 17 heavy (non-hydrogen) atoms. The normalized spacial score (nSPS) is 11.4. The van der Waals surface area contributed by atoms with Gasteiger partial charge in [0.15, 0.2) is 0 Å². The predicted octanol–water partition coefficient (Wildman–Crippen LogP) is 3.61. The monoisotopic (exact) mass is 309 g/mol. The third kappa shape index (κ3) is 3.73. The van der Waals surface area contributed by atoms with Crippen LogP contribution in [0.3, 0.4) is 0 Å². The number of hydrogen-bond donors (Lipinski definition) is 1. The molecule has 1 aromatic rings. The van der Waals surface area contributed by atoms with Crippen LogP contribution in [0.25, 0.3) is 0 Å². The van der Waals surface area contributed by atoms with E-state index in [1.165, 1.54) is 6.07 Å². The molecule has 1 aromatic carbocycles. The zero-order valence-electron chi connectivity index (χ0n) is 9.07. The zero-order chi connectivity index (χ0) is 13.1. The first kappa shape index (κ1) is 14.0. The number of carbonyl (C=O) groups is 1. The fourth-order valence-electron chi connectivity index (χ4n) is 1.28. The van der Waals surface area contributed by atoms with Crippen LogP contribution >= 0.6 is 15.9 Å². The van der Waals surface area contributed by atoms with Crippen molar-refractivity contribution in [2.75, 3.05) is 6.54 Å². The van der Waals surface area contributed by atoms with Crippen LogP contribution in [-0.4, -0.2) is 12.5 Å². The molecule has 1 rings (SSSR count). The molecule has 0 saturated heterocycles. The van der Waals surface area contributed by atoms with Crippen LogP contribution in [0.2, 0.25) is 0 Å². The molecule has 0 fully saturated rings. The molecule has 2 nitrogen and oxygen atoms in total. The summed E-state index contributed by atoms with van der Waals surface area (Å²) in [4.78, 5) is 11.6. The molecule has 94 valence electrons. The lowest BCUT2D eigenvalue weighted by molar-refractivity contribution is -0.138. The molecule has 0 atom stereocenters. The van der Waals surface area contributed by atoms with E-state index in [4.69, 9.17) is 0 Å². The summed E-state index contributed by atoms with van der Waals surface area (Å²) in [5.41, 5.74) is -1.28. The molecule has 0 aliphatic rings. The molecule has 0 unspecified atom stereocenters. The van der Waals surface area contributed by atoms with Gasteiger partial charge in [-0.05, 0) is 24.6 Å². The summed E-state index contributed by atoms with van der Waals surface area (Å²) in [7, 11) is 0. The molecule has 6 heteroatoms. The molecule has 1 N–H and O–H groups in total. The van der Waals surface area contributed by atoms with Crippen LogP contribution in [0.1, 0.15) is 29.3 Å². The van der Waals surface area contributed by atoms with Gasteiger partial charge < -0.3 is 5.32 Å². The standard InChI is InChI=1S/C11H11BrF3NO/c1-2-5-16-10(17)8-4-3-7(12)6-9(8)11(13,14)15/h3-4,6H,2,5H2,1H3,(H,16,17). The topological polar surface area (TPSA) is 29.1 Å². The first-order valence-corrected chi connectivity index (χ1v) is 5.80. The second-order valence-electron chi connectivity index (χ2n) is 3.44. The van der Waals surface area contributed by atoms with Crippen molar-refractivity contribution in [3.63, 3.8) is 0 Å². The second-order valence-corrected chi connectivity index (χ2v) is 4.36. The molecule has 0 heterocycles. The lowest BCUT2D eigenvalue weighted by Crippen LogP contribution is -2.26. The Bertz CT molecular complexity index is 418. The maximum absolute atomic E-state index is 12.7. The third-order valence-electron chi connectivity index (χ3n) is 2.07. The highest BCUT2D eigenvalue weighted by atomic mass is 79.9. The Balaban J connectivity index is 3.11. The van der Waals surface area contributed by atoms with Crippen molar-refractivity contribution in [2.24, 2.45) is 0 Å². The van der Waals surface area contributed by atoms with Gasteiger partial charge in [0, 0.05) is 11.0 Å². The van der Waals surface area contributed by atoms with E-state index >= 15 is 0 Å². The van der Waals surface area contributed by atoms with E-state index in [1.54, 1.807) is 0 Å². The quantitative estimate of drug-likeness (QED) is 0.908. The van der Waals surface area contributed by atoms with Gasteiger partial charge in [0.1, 0.15) is 0 Å². The molecule has 0 radical (unpaired) electrons. The SMILES string of the molecule is CCCNC(=O)c1ccc(Br)cc1C(F)(F)F. The van der Waals surface area contributed by atoms with Crippen LogP contribution in [0.4, 0.5) is 13.2 Å². The van der Waals surface area contributed by atoms with Crippen molar-refractivity contribution in [1.29, 1.82) is 0 Å². The van der Waals surface area contributed by atoms with Gasteiger partial charge >= 0.3 is 6.18 Å². The van der Waals surface area contributed by atoms with Crippen molar-refractivity contribution >= 4 is 21.8 Å². The number of rotatable bonds is 3. The molecule has 0 spiro atoms.